The molecule has 2 rings (SSSR count). The third kappa shape index (κ3) is 0.923. The van der Waals surface area contributed by atoms with Gasteiger partial charge in [0.2, 0.25) is 5.91 Å². The minimum absolute atomic E-state index is 0.0618. The highest BCUT2D eigenvalue weighted by Gasteiger charge is 2.41. The minimum atomic E-state index is -0.672. The highest BCUT2D eigenvalue weighted by molar-refractivity contribution is 5.85. The summed E-state index contributed by atoms with van der Waals surface area (Å²) in [6.45, 7) is 0.789. The molecule has 1 amide bonds. The van der Waals surface area contributed by atoms with Crippen LogP contribution in [0.3, 0.4) is 0 Å². The first kappa shape index (κ1) is 6.45. The van der Waals surface area contributed by atoms with Crippen LogP contribution in [0.4, 0.5) is 4.79 Å². The molecule has 2 atom stereocenters. The van der Waals surface area contributed by atoms with E-state index in [0.717, 1.165) is 0 Å². The lowest BCUT2D eigenvalue weighted by Gasteiger charge is -2.28. The zero-order valence-corrected chi connectivity index (χ0v) is 5.70. The fraction of sp³-hybridized carbons (Fsp3) is 0.667. The Morgan fingerprint density at radius 1 is 1.45 bits per heavy atom. The van der Waals surface area contributed by atoms with E-state index in [-0.39, 0.29) is 24.5 Å². The predicted octanol–water partition coefficient (Wildman–Crippen LogP) is -0.732. The van der Waals surface area contributed by atoms with E-state index in [1.807, 2.05) is 0 Å². The summed E-state index contributed by atoms with van der Waals surface area (Å²) in [5, 5.41) is 2.56. The van der Waals surface area contributed by atoms with Crippen molar-refractivity contribution in [2.45, 2.75) is 6.10 Å². The van der Waals surface area contributed by atoms with Crippen LogP contribution in [0, 0.1) is 5.92 Å². The van der Waals surface area contributed by atoms with Crippen LogP contribution in [0.25, 0.3) is 0 Å². The topological polar surface area (TPSA) is 64.6 Å². The van der Waals surface area contributed by atoms with Crippen molar-refractivity contribution in [1.82, 2.24) is 5.32 Å². The second-order valence-electron chi connectivity index (χ2n) is 2.57. The van der Waals surface area contributed by atoms with E-state index < -0.39 is 6.16 Å². The smallest absolute Gasteiger partial charge is 0.430 e. The molecular weight excluding hydrogens is 150 g/mol. The minimum Gasteiger partial charge on any atom is -0.430 e. The SMILES string of the molecule is O=C1OCC(C2CNC2=O)O1. The molecule has 60 valence electrons. The third-order valence-corrected chi connectivity index (χ3v) is 1.89. The first-order valence-electron chi connectivity index (χ1n) is 3.38. The van der Waals surface area contributed by atoms with Crippen molar-refractivity contribution in [3.8, 4) is 0 Å². The molecule has 0 saturated carbocycles. The standard InChI is InChI=1S/C6H7NO4/c8-5-3(1-7-5)4-2-10-6(9)11-4/h3-4H,1-2H2,(H,7,8). The number of hydrogen-bond acceptors (Lipinski definition) is 4. The Morgan fingerprint density at radius 3 is 2.64 bits per heavy atom. The van der Waals surface area contributed by atoms with Crippen molar-refractivity contribution in [3.63, 3.8) is 0 Å². The molecule has 0 aromatic carbocycles. The van der Waals surface area contributed by atoms with Crippen LogP contribution in [0.1, 0.15) is 0 Å². The molecular formula is C6H7NO4. The van der Waals surface area contributed by atoms with Crippen molar-refractivity contribution in [1.29, 1.82) is 0 Å². The van der Waals surface area contributed by atoms with Gasteiger partial charge >= 0.3 is 6.16 Å². The quantitative estimate of drug-likeness (QED) is 0.402. The second kappa shape index (κ2) is 2.11. The summed E-state index contributed by atoms with van der Waals surface area (Å²) in [6, 6.07) is 0. The molecule has 0 aromatic heterocycles. The third-order valence-electron chi connectivity index (χ3n) is 1.89. The van der Waals surface area contributed by atoms with Crippen LogP contribution >= 0.6 is 0 Å². The van der Waals surface area contributed by atoms with Crippen molar-refractivity contribution in [2.24, 2.45) is 5.92 Å². The number of β-lactam (4-membered cyclic amide) rings is 1. The molecule has 2 fully saturated rings. The van der Waals surface area contributed by atoms with E-state index in [2.05, 4.69) is 10.1 Å². The van der Waals surface area contributed by atoms with Crippen molar-refractivity contribution >= 4 is 12.1 Å². The summed E-state index contributed by atoms with van der Waals surface area (Å²) in [6.07, 6.45) is -1.04. The molecule has 5 heteroatoms. The first-order chi connectivity index (χ1) is 5.27. The molecule has 2 unspecified atom stereocenters. The molecule has 11 heavy (non-hydrogen) atoms. The second-order valence-corrected chi connectivity index (χ2v) is 2.57. The van der Waals surface area contributed by atoms with Crippen LogP contribution in [-0.2, 0) is 14.3 Å². The molecule has 2 aliphatic rings. The van der Waals surface area contributed by atoms with E-state index in [1.54, 1.807) is 0 Å². The van der Waals surface area contributed by atoms with Crippen molar-refractivity contribution < 1.29 is 19.1 Å². The zero-order valence-electron chi connectivity index (χ0n) is 5.70. The maximum atomic E-state index is 10.8. The molecule has 0 aliphatic carbocycles. The lowest BCUT2D eigenvalue weighted by Crippen LogP contribution is -2.54. The van der Waals surface area contributed by atoms with Crippen LogP contribution in [0.15, 0.2) is 0 Å². The van der Waals surface area contributed by atoms with Gasteiger partial charge in [0.1, 0.15) is 6.61 Å². The first-order valence-corrected chi connectivity index (χ1v) is 3.38. The molecule has 0 aromatic rings. The Bertz CT molecular complexity index is 215. The summed E-state index contributed by atoms with van der Waals surface area (Å²) in [5.41, 5.74) is 0. The van der Waals surface area contributed by atoms with Crippen LogP contribution in [-0.4, -0.2) is 31.3 Å². The summed E-state index contributed by atoms with van der Waals surface area (Å²) in [7, 11) is 0. The lowest BCUT2D eigenvalue weighted by molar-refractivity contribution is -0.135. The van der Waals surface area contributed by atoms with Gasteiger partial charge < -0.3 is 14.8 Å². The molecule has 0 spiro atoms. The molecule has 2 aliphatic heterocycles. The number of nitrogens with one attached hydrogen (secondary N) is 1. The van der Waals surface area contributed by atoms with Crippen LogP contribution in [0.2, 0.25) is 0 Å². The summed E-state index contributed by atoms with van der Waals surface area (Å²) < 4.78 is 9.24. The Kier molecular flexibility index (Phi) is 1.24. The number of carbonyl (C=O) groups excluding carboxylic acids is 2. The maximum Gasteiger partial charge on any atom is 0.508 e. The van der Waals surface area contributed by atoms with Gasteiger partial charge in [-0.1, -0.05) is 0 Å². The van der Waals surface area contributed by atoms with Crippen molar-refractivity contribution in [3.05, 3.63) is 0 Å². The number of cyclic esters (lactones) is 2. The summed E-state index contributed by atoms with van der Waals surface area (Å²) in [4.78, 5) is 21.2. The molecule has 2 heterocycles. The highest BCUT2D eigenvalue weighted by atomic mass is 16.8. The Hall–Kier alpha value is -1.26. The molecule has 0 bridgehead atoms. The average Bonchev–Trinajstić information content (AvgIpc) is 2.33. The fourth-order valence-corrected chi connectivity index (χ4v) is 1.14. The van der Waals surface area contributed by atoms with Gasteiger partial charge in [-0.15, -0.1) is 0 Å². The zero-order chi connectivity index (χ0) is 7.84. The van der Waals surface area contributed by atoms with Gasteiger partial charge in [0.05, 0.1) is 5.92 Å². The van der Waals surface area contributed by atoms with Gasteiger partial charge in [0.25, 0.3) is 0 Å². The Labute approximate surface area is 62.7 Å². The average molecular weight is 157 g/mol. The lowest BCUT2D eigenvalue weighted by atomic mass is 9.96. The van der Waals surface area contributed by atoms with Crippen LogP contribution in [0.5, 0.6) is 0 Å². The van der Waals surface area contributed by atoms with E-state index >= 15 is 0 Å². The molecule has 0 radical (unpaired) electrons. The highest BCUT2D eigenvalue weighted by Crippen LogP contribution is 2.19. The monoisotopic (exact) mass is 157 g/mol. The summed E-state index contributed by atoms with van der Waals surface area (Å²) in [5.74, 6) is -0.255. The van der Waals surface area contributed by atoms with E-state index in [0.29, 0.717) is 6.54 Å². The number of ether oxygens (including phenoxy) is 2. The van der Waals surface area contributed by atoms with Gasteiger partial charge in [-0.2, -0.15) is 0 Å². The predicted molar refractivity (Wildman–Crippen MR) is 32.7 cm³/mol. The molecule has 5 nitrogen and oxygen atoms in total. The van der Waals surface area contributed by atoms with Gasteiger partial charge in [-0.3, -0.25) is 4.79 Å². The normalized spacial score (nSPS) is 35.3. The van der Waals surface area contributed by atoms with Gasteiger partial charge in [0.15, 0.2) is 6.10 Å². The largest absolute Gasteiger partial charge is 0.508 e. The van der Waals surface area contributed by atoms with Gasteiger partial charge in [0, 0.05) is 6.54 Å². The number of hydrogen-bond donors (Lipinski definition) is 1. The van der Waals surface area contributed by atoms with Gasteiger partial charge in [-0.05, 0) is 0 Å². The number of carbonyl (C=O) groups is 2. The van der Waals surface area contributed by atoms with Crippen LogP contribution < -0.4 is 5.32 Å². The number of rotatable bonds is 1. The Balaban J connectivity index is 1.96. The Morgan fingerprint density at radius 2 is 2.27 bits per heavy atom. The summed E-state index contributed by atoms with van der Waals surface area (Å²) >= 11 is 0. The van der Waals surface area contributed by atoms with Crippen molar-refractivity contribution in [2.75, 3.05) is 13.2 Å². The van der Waals surface area contributed by atoms with Gasteiger partial charge in [-0.25, -0.2) is 4.79 Å². The molecule has 2 saturated heterocycles. The molecule has 1 N–H and O–H groups in total. The maximum absolute atomic E-state index is 10.8. The van der Waals surface area contributed by atoms with E-state index in [4.69, 9.17) is 4.74 Å². The fourth-order valence-electron chi connectivity index (χ4n) is 1.14. The number of amides is 1. The van der Waals surface area contributed by atoms with E-state index in [1.165, 1.54) is 0 Å². The van der Waals surface area contributed by atoms with E-state index in [9.17, 15) is 9.59 Å².